The number of carbonyl (C=O) groups excluding carboxylic acids is 3. The van der Waals surface area contributed by atoms with Crippen molar-refractivity contribution in [3.05, 3.63) is 138 Å². The van der Waals surface area contributed by atoms with Gasteiger partial charge in [-0.05, 0) is 34.4 Å². The van der Waals surface area contributed by atoms with Gasteiger partial charge in [0.05, 0.1) is 7.11 Å². The number of carbonyl (C=O) groups is 3. The highest BCUT2D eigenvalue weighted by Crippen LogP contribution is 2.17. The number of rotatable bonds is 13. The Labute approximate surface area is 245 Å². The summed E-state index contributed by atoms with van der Waals surface area (Å²) in [6.45, 7) is 0.453. The van der Waals surface area contributed by atoms with Gasteiger partial charge in [0.2, 0.25) is 5.91 Å². The Morgan fingerprint density at radius 3 is 1.79 bits per heavy atom. The fourth-order valence-corrected chi connectivity index (χ4v) is 4.31. The fraction of sp³-hybridized carbons (Fsp3) is 0.206. The van der Waals surface area contributed by atoms with E-state index in [1.165, 1.54) is 7.11 Å². The first-order valence-electron chi connectivity index (χ1n) is 13.6. The minimum atomic E-state index is -0.997. The second-order valence-corrected chi connectivity index (χ2v) is 9.66. The van der Waals surface area contributed by atoms with Crippen LogP contribution in [0.15, 0.2) is 115 Å². The maximum absolute atomic E-state index is 13.5. The molecule has 0 saturated carbocycles. The Morgan fingerprint density at radius 1 is 0.619 bits per heavy atom. The predicted molar refractivity (Wildman–Crippen MR) is 159 cm³/mol. The van der Waals surface area contributed by atoms with Gasteiger partial charge in [0.25, 0.3) is 0 Å². The number of amides is 2. The summed E-state index contributed by atoms with van der Waals surface area (Å²) in [6.07, 6.45) is -0.380. The van der Waals surface area contributed by atoms with Crippen molar-refractivity contribution in [3.8, 4) is 5.75 Å². The van der Waals surface area contributed by atoms with Crippen molar-refractivity contribution in [2.45, 2.75) is 38.1 Å². The maximum atomic E-state index is 13.5. The van der Waals surface area contributed by atoms with Crippen LogP contribution in [0.2, 0.25) is 0 Å². The van der Waals surface area contributed by atoms with Gasteiger partial charge in [-0.2, -0.15) is 0 Å². The molecule has 0 saturated heterocycles. The molecule has 2 amide bonds. The molecule has 4 aromatic carbocycles. The minimum absolute atomic E-state index is 0.0554. The Bertz CT molecular complexity index is 1430. The van der Waals surface area contributed by atoms with Crippen molar-refractivity contribution >= 4 is 18.0 Å². The second kappa shape index (κ2) is 15.6. The summed E-state index contributed by atoms with van der Waals surface area (Å²) in [5, 5.41) is 5.43. The lowest BCUT2D eigenvalue weighted by molar-refractivity contribution is -0.145. The van der Waals surface area contributed by atoms with Gasteiger partial charge in [-0.3, -0.25) is 4.79 Å². The van der Waals surface area contributed by atoms with Crippen molar-refractivity contribution in [2.75, 3.05) is 7.11 Å². The Hall–Kier alpha value is -5.11. The number of hydrogen-bond donors (Lipinski definition) is 2. The highest BCUT2D eigenvalue weighted by atomic mass is 16.5. The lowest BCUT2D eigenvalue weighted by atomic mass is 10.0. The number of nitrogens with one attached hydrogen (secondary N) is 2. The number of benzene rings is 4. The molecule has 0 aliphatic carbocycles. The van der Waals surface area contributed by atoms with E-state index in [0.29, 0.717) is 12.4 Å². The number of alkyl carbamates (subject to hydrolysis) is 1. The van der Waals surface area contributed by atoms with Crippen LogP contribution in [0.3, 0.4) is 0 Å². The largest absolute Gasteiger partial charge is 0.489 e. The van der Waals surface area contributed by atoms with Crippen LogP contribution in [-0.2, 0) is 45.1 Å². The van der Waals surface area contributed by atoms with E-state index < -0.39 is 30.1 Å². The first-order chi connectivity index (χ1) is 20.5. The third-order valence-corrected chi connectivity index (χ3v) is 6.49. The molecule has 8 nitrogen and oxygen atoms in total. The molecule has 0 spiro atoms. The lowest BCUT2D eigenvalue weighted by Gasteiger charge is -2.22. The van der Waals surface area contributed by atoms with Crippen molar-refractivity contribution in [3.63, 3.8) is 0 Å². The van der Waals surface area contributed by atoms with Crippen molar-refractivity contribution in [2.24, 2.45) is 0 Å². The minimum Gasteiger partial charge on any atom is -0.489 e. The molecule has 2 N–H and O–H groups in total. The van der Waals surface area contributed by atoms with E-state index in [9.17, 15) is 14.4 Å². The Morgan fingerprint density at radius 2 is 1.17 bits per heavy atom. The molecule has 0 unspecified atom stereocenters. The van der Waals surface area contributed by atoms with Gasteiger partial charge in [0, 0.05) is 12.8 Å². The van der Waals surface area contributed by atoms with Crippen LogP contribution in [0, 0.1) is 0 Å². The van der Waals surface area contributed by atoms with Gasteiger partial charge in [-0.25, -0.2) is 9.59 Å². The van der Waals surface area contributed by atoms with Crippen LogP contribution < -0.4 is 15.4 Å². The number of methoxy groups -OCH3 is 1. The summed E-state index contributed by atoms with van der Waals surface area (Å²) < 4.78 is 16.3. The molecule has 0 aliphatic rings. The van der Waals surface area contributed by atoms with Crippen molar-refractivity contribution < 1.29 is 28.6 Å². The van der Waals surface area contributed by atoms with E-state index in [1.54, 1.807) is 0 Å². The van der Waals surface area contributed by atoms with Crippen molar-refractivity contribution in [1.29, 1.82) is 0 Å². The summed E-state index contributed by atoms with van der Waals surface area (Å²) in [6, 6.07) is 33.6. The van der Waals surface area contributed by atoms with Crippen LogP contribution in [-0.4, -0.2) is 37.2 Å². The molecule has 0 aromatic heterocycles. The molecule has 0 bridgehead atoms. The topological polar surface area (TPSA) is 103 Å². The summed E-state index contributed by atoms with van der Waals surface area (Å²) in [4.78, 5) is 38.9. The van der Waals surface area contributed by atoms with E-state index in [0.717, 1.165) is 22.3 Å². The monoisotopic (exact) mass is 566 g/mol. The maximum Gasteiger partial charge on any atom is 0.408 e. The van der Waals surface area contributed by atoms with E-state index in [2.05, 4.69) is 10.6 Å². The van der Waals surface area contributed by atoms with Gasteiger partial charge >= 0.3 is 12.1 Å². The van der Waals surface area contributed by atoms with Gasteiger partial charge in [0.1, 0.15) is 31.0 Å². The highest BCUT2D eigenvalue weighted by Gasteiger charge is 2.28. The molecule has 42 heavy (non-hydrogen) atoms. The number of ether oxygens (including phenoxy) is 3. The zero-order valence-corrected chi connectivity index (χ0v) is 23.4. The van der Waals surface area contributed by atoms with Gasteiger partial charge < -0.3 is 24.8 Å². The molecule has 4 rings (SSSR count). The van der Waals surface area contributed by atoms with Gasteiger partial charge in [-0.1, -0.05) is 103 Å². The normalized spacial score (nSPS) is 11.9. The molecule has 0 fully saturated rings. The Kier molecular flexibility index (Phi) is 11.1. The van der Waals surface area contributed by atoms with E-state index in [1.807, 2.05) is 115 Å². The van der Waals surface area contributed by atoms with E-state index in [4.69, 9.17) is 14.2 Å². The third-order valence-electron chi connectivity index (χ3n) is 6.49. The summed E-state index contributed by atoms with van der Waals surface area (Å²) in [7, 11) is 1.27. The molecule has 8 heteroatoms. The van der Waals surface area contributed by atoms with Crippen LogP contribution in [0.4, 0.5) is 4.79 Å². The summed E-state index contributed by atoms with van der Waals surface area (Å²) in [5.41, 5.74) is 3.45. The average molecular weight is 567 g/mol. The second-order valence-electron chi connectivity index (χ2n) is 9.66. The van der Waals surface area contributed by atoms with E-state index in [-0.39, 0.29) is 19.4 Å². The van der Waals surface area contributed by atoms with E-state index >= 15 is 0 Å². The molecular formula is C34H34N2O6. The molecule has 0 radical (unpaired) electrons. The fourth-order valence-electron chi connectivity index (χ4n) is 4.31. The van der Waals surface area contributed by atoms with Gasteiger partial charge in [-0.15, -0.1) is 0 Å². The SMILES string of the molecule is COC(=O)[C@H](Cc1cccc(OCc2ccccc2)c1)NC(=O)[C@@H](Cc1ccccc1)NC(=O)OCc1ccccc1. The van der Waals surface area contributed by atoms with Crippen LogP contribution in [0.5, 0.6) is 5.75 Å². The molecule has 0 heterocycles. The number of hydrogen-bond acceptors (Lipinski definition) is 6. The molecule has 216 valence electrons. The van der Waals surface area contributed by atoms with Crippen LogP contribution >= 0.6 is 0 Å². The predicted octanol–water partition coefficient (Wildman–Crippen LogP) is 5.00. The van der Waals surface area contributed by atoms with Crippen LogP contribution in [0.25, 0.3) is 0 Å². The summed E-state index contributed by atoms with van der Waals surface area (Å²) >= 11 is 0. The standard InChI is InChI=1S/C34H34N2O6/c1-40-33(38)31(22-28-18-11-19-29(20-28)41-23-26-14-7-3-8-15-26)35-32(37)30(21-25-12-5-2-6-13-25)36-34(39)42-24-27-16-9-4-10-17-27/h2-20,30-31H,21-24H2,1H3,(H,35,37)(H,36,39)/t30-,31+/m1/s1. The average Bonchev–Trinajstić information content (AvgIpc) is 3.03. The quantitative estimate of drug-likeness (QED) is 0.221. The van der Waals surface area contributed by atoms with Crippen molar-refractivity contribution in [1.82, 2.24) is 10.6 Å². The molecule has 4 aromatic rings. The third kappa shape index (κ3) is 9.52. The van der Waals surface area contributed by atoms with Gasteiger partial charge in [0.15, 0.2) is 0 Å². The molecule has 2 atom stereocenters. The first-order valence-corrected chi connectivity index (χ1v) is 13.6. The molecular weight excluding hydrogens is 532 g/mol. The zero-order valence-electron chi connectivity index (χ0n) is 23.4. The Balaban J connectivity index is 1.43. The van der Waals surface area contributed by atoms with Crippen LogP contribution in [0.1, 0.15) is 22.3 Å². The summed E-state index contributed by atoms with van der Waals surface area (Å²) in [5.74, 6) is -0.512. The number of esters is 1. The lowest BCUT2D eigenvalue weighted by Crippen LogP contribution is -2.53. The smallest absolute Gasteiger partial charge is 0.408 e. The highest BCUT2D eigenvalue weighted by molar-refractivity contribution is 5.90. The zero-order chi connectivity index (χ0) is 29.6. The molecule has 0 aliphatic heterocycles. The first kappa shape index (κ1) is 29.9.